The van der Waals surface area contributed by atoms with Crippen LogP contribution >= 0.6 is 11.8 Å². The average Bonchev–Trinajstić information content (AvgIpc) is 2.63. The van der Waals surface area contributed by atoms with Crippen LogP contribution in [0.3, 0.4) is 0 Å². The van der Waals surface area contributed by atoms with Crippen LogP contribution in [-0.2, 0) is 9.59 Å². The number of benzene rings is 2. The van der Waals surface area contributed by atoms with Crippen molar-refractivity contribution in [2.75, 3.05) is 5.32 Å². The number of amides is 2. The second kappa shape index (κ2) is 7.61. The highest BCUT2D eigenvalue weighted by Gasteiger charge is 2.16. The molecule has 0 saturated heterocycles. The summed E-state index contributed by atoms with van der Waals surface area (Å²) in [6.45, 7) is 5.36. The molecule has 0 saturated carbocycles. The Labute approximate surface area is 156 Å². The van der Waals surface area contributed by atoms with E-state index in [1.807, 2.05) is 36.4 Å². The van der Waals surface area contributed by atoms with Crippen molar-refractivity contribution in [3.8, 4) is 0 Å². The Kier molecular flexibility index (Phi) is 5.27. The van der Waals surface area contributed by atoms with Gasteiger partial charge in [0.05, 0.1) is 17.1 Å². The molecule has 6 nitrogen and oxygen atoms in total. The van der Waals surface area contributed by atoms with E-state index in [2.05, 4.69) is 27.2 Å². The van der Waals surface area contributed by atoms with E-state index >= 15 is 0 Å². The Bertz CT molecular complexity index is 893. The van der Waals surface area contributed by atoms with Crippen molar-refractivity contribution in [2.45, 2.75) is 36.6 Å². The fourth-order valence-corrected chi connectivity index (χ4v) is 3.41. The van der Waals surface area contributed by atoms with E-state index < -0.39 is 11.8 Å². The summed E-state index contributed by atoms with van der Waals surface area (Å²) in [6.07, 6.45) is 0. The lowest BCUT2D eigenvalue weighted by Gasteiger charge is -2.21. The molecule has 0 bridgehead atoms. The zero-order valence-corrected chi connectivity index (χ0v) is 15.6. The third-order valence-electron chi connectivity index (χ3n) is 3.72. The van der Waals surface area contributed by atoms with Crippen LogP contribution < -0.4 is 16.1 Å². The third-order valence-corrected chi connectivity index (χ3v) is 4.88. The van der Waals surface area contributed by atoms with Crippen molar-refractivity contribution >= 4 is 40.7 Å². The van der Waals surface area contributed by atoms with Crippen molar-refractivity contribution < 1.29 is 9.59 Å². The summed E-state index contributed by atoms with van der Waals surface area (Å²) in [5, 5.41) is 9.97. The van der Waals surface area contributed by atoms with Crippen LogP contribution in [0.4, 0.5) is 11.4 Å². The predicted molar refractivity (Wildman–Crippen MR) is 104 cm³/mol. The Hall–Kier alpha value is -2.80. The molecule has 7 heteroatoms. The molecule has 1 aliphatic rings. The largest absolute Gasteiger partial charge is 0.354 e. The van der Waals surface area contributed by atoms with Crippen molar-refractivity contribution in [3.05, 3.63) is 48.0 Å². The molecule has 2 aromatic carbocycles. The molecular weight excluding hydrogens is 348 g/mol. The zero-order chi connectivity index (χ0) is 18.7. The molecule has 0 spiro atoms. The summed E-state index contributed by atoms with van der Waals surface area (Å²) < 4.78 is 0. The molecule has 1 aliphatic heterocycles. The van der Waals surface area contributed by atoms with Gasteiger partial charge in [-0.15, -0.1) is 0 Å². The van der Waals surface area contributed by atoms with Gasteiger partial charge in [0.2, 0.25) is 0 Å². The molecule has 3 rings (SSSR count). The lowest BCUT2D eigenvalue weighted by molar-refractivity contribution is -0.139. The minimum atomic E-state index is -0.779. The van der Waals surface area contributed by atoms with Crippen LogP contribution in [0, 0.1) is 0 Å². The second-order valence-corrected chi connectivity index (χ2v) is 7.28. The van der Waals surface area contributed by atoms with Gasteiger partial charge in [-0.25, -0.2) is 5.43 Å². The summed E-state index contributed by atoms with van der Waals surface area (Å²) in [4.78, 5) is 25.7. The van der Waals surface area contributed by atoms with Crippen molar-refractivity contribution in [2.24, 2.45) is 5.10 Å². The van der Waals surface area contributed by atoms with Crippen LogP contribution in [0.1, 0.15) is 26.3 Å². The fourth-order valence-electron chi connectivity index (χ4n) is 2.44. The van der Waals surface area contributed by atoms with Crippen molar-refractivity contribution in [1.29, 1.82) is 0 Å². The Morgan fingerprint density at radius 2 is 1.77 bits per heavy atom. The number of hydrazone groups is 1. The highest BCUT2D eigenvalue weighted by Crippen LogP contribution is 2.44. The number of nitrogens with one attached hydrogen (secondary N) is 3. The first-order valence-corrected chi connectivity index (χ1v) is 9.09. The van der Waals surface area contributed by atoms with Crippen LogP contribution in [0.2, 0.25) is 0 Å². The van der Waals surface area contributed by atoms with Gasteiger partial charge in [-0.05, 0) is 50.6 Å². The van der Waals surface area contributed by atoms with Gasteiger partial charge in [0.25, 0.3) is 0 Å². The van der Waals surface area contributed by atoms with Gasteiger partial charge in [-0.1, -0.05) is 30.0 Å². The minimum Gasteiger partial charge on any atom is -0.354 e. The maximum absolute atomic E-state index is 11.7. The minimum absolute atomic E-state index is 0.106. The van der Waals surface area contributed by atoms with E-state index in [9.17, 15) is 9.59 Å². The number of fused-ring (bicyclic) bond motifs is 2. The summed E-state index contributed by atoms with van der Waals surface area (Å²) in [5.41, 5.74) is 5.83. The van der Waals surface area contributed by atoms with Gasteiger partial charge in [0, 0.05) is 15.8 Å². The van der Waals surface area contributed by atoms with Gasteiger partial charge in [-0.2, -0.15) is 5.10 Å². The topological polar surface area (TPSA) is 82.6 Å². The first-order valence-electron chi connectivity index (χ1n) is 8.27. The number of para-hydroxylation sites is 1. The second-order valence-electron chi connectivity index (χ2n) is 6.20. The van der Waals surface area contributed by atoms with E-state index in [-0.39, 0.29) is 6.04 Å². The average molecular weight is 368 g/mol. The summed E-state index contributed by atoms with van der Waals surface area (Å²) in [5.74, 6) is -1.48. The lowest BCUT2D eigenvalue weighted by atomic mass is 10.1. The zero-order valence-electron chi connectivity index (χ0n) is 14.8. The predicted octanol–water partition coefficient (Wildman–Crippen LogP) is 3.26. The van der Waals surface area contributed by atoms with E-state index in [0.29, 0.717) is 5.71 Å². The Balaban J connectivity index is 1.72. The molecule has 3 N–H and O–H groups in total. The van der Waals surface area contributed by atoms with Crippen molar-refractivity contribution in [3.63, 3.8) is 0 Å². The first kappa shape index (κ1) is 18.0. The molecule has 1 heterocycles. The van der Waals surface area contributed by atoms with Gasteiger partial charge in [0.15, 0.2) is 0 Å². The number of rotatable bonds is 3. The van der Waals surface area contributed by atoms with E-state index in [4.69, 9.17) is 0 Å². The number of carbonyl (C=O) groups is 2. The van der Waals surface area contributed by atoms with Gasteiger partial charge in [0.1, 0.15) is 0 Å². The molecule has 0 aromatic heterocycles. The molecule has 2 aromatic rings. The molecule has 0 fully saturated rings. The molecule has 26 heavy (non-hydrogen) atoms. The molecule has 134 valence electrons. The van der Waals surface area contributed by atoms with E-state index in [1.165, 1.54) is 4.90 Å². The fraction of sp³-hybridized carbons (Fsp3) is 0.211. The normalized spacial score (nSPS) is 12.7. The molecule has 0 radical (unpaired) electrons. The molecule has 0 atom stereocenters. The van der Waals surface area contributed by atoms with E-state index in [0.717, 1.165) is 21.8 Å². The molecule has 0 aliphatic carbocycles. The highest BCUT2D eigenvalue weighted by atomic mass is 32.2. The number of hydrogen-bond acceptors (Lipinski definition) is 5. The Morgan fingerprint density at radius 3 is 2.54 bits per heavy atom. The van der Waals surface area contributed by atoms with Crippen LogP contribution in [0.15, 0.2) is 57.4 Å². The third kappa shape index (κ3) is 4.05. The van der Waals surface area contributed by atoms with Gasteiger partial charge < -0.3 is 10.6 Å². The number of anilines is 2. The number of hydrogen-bond donors (Lipinski definition) is 3. The summed E-state index contributed by atoms with van der Waals surface area (Å²) in [6, 6.07) is 14.0. The standard InChI is InChI=1S/C19H20N4O2S/c1-11(2)20-18(24)19(25)23-22-12(3)13-8-9-17-15(10-13)21-14-6-4-5-7-16(14)26-17/h4-11,21H,1-3H3,(H,20,24)(H,23,25)/b22-12-. The van der Waals surface area contributed by atoms with E-state index in [1.54, 1.807) is 32.5 Å². The quantitative estimate of drug-likeness (QED) is 0.376. The van der Waals surface area contributed by atoms with Crippen LogP contribution in [-0.4, -0.2) is 23.6 Å². The first-order chi connectivity index (χ1) is 12.4. The van der Waals surface area contributed by atoms with Gasteiger partial charge >= 0.3 is 11.8 Å². The Morgan fingerprint density at radius 1 is 1.04 bits per heavy atom. The molecule has 2 amide bonds. The molecule has 0 unspecified atom stereocenters. The summed E-state index contributed by atoms with van der Waals surface area (Å²) in [7, 11) is 0. The smallest absolute Gasteiger partial charge is 0.329 e. The summed E-state index contributed by atoms with van der Waals surface area (Å²) >= 11 is 1.71. The van der Waals surface area contributed by atoms with Crippen molar-refractivity contribution in [1.82, 2.24) is 10.7 Å². The number of nitrogens with zero attached hydrogens (tertiary/aromatic N) is 1. The molecular formula is C19H20N4O2S. The monoisotopic (exact) mass is 368 g/mol. The maximum Gasteiger partial charge on any atom is 0.329 e. The van der Waals surface area contributed by atoms with Crippen LogP contribution in [0.5, 0.6) is 0 Å². The number of carbonyl (C=O) groups excluding carboxylic acids is 2. The SMILES string of the molecule is C/C(=N/NC(=O)C(=O)NC(C)C)c1ccc2c(c1)Nc1ccccc1S2. The van der Waals surface area contributed by atoms with Crippen LogP contribution in [0.25, 0.3) is 0 Å². The maximum atomic E-state index is 11.7. The lowest BCUT2D eigenvalue weighted by Crippen LogP contribution is -2.41. The highest BCUT2D eigenvalue weighted by molar-refractivity contribution is 7.99. The van der Waals surface area contributed by atoms with Gasteiger partial charge in [-0.3, -0.25) is 9.59 Å².